The van der Waals surface area contributed by atoms with Gasteiger partial charge in [0, 0.05) is 5.75 Å². The Bertz CT molecular complexity index is 471. The van der Waals surface area contributed by atoms with Crippen LogP contribution in [-0.4, -0.2) is 28.3 Å². The Balaban J connectivity index is 1.73. The van der Waals surface area contributed by atoms with Gasteiger partial charge in [-0.15, -0.1) is 11.8 Å². The zero-order valence-electron chi connectivity index (χ0n) is 11.3. The van der Waals surface area contributed by atoms with Crippen molar-refractivity contribution < 1.29 is 14.7 Å². The lowest BCUT2D eigenvalue weighted by Crippen LogP contribution is -2.55. The molecule has 20 heavy (non-hydrogen) atoms. The minimum Gasteiger partial charge on any atom is -0.481 e. The van der Waals surface area contributed by atoms with Crippen LogP contribution in [0.4, 0.5) is 0 Å². The average molecular weight is 293 g/mol. The van der Waals surface area contributed by atoms with Crippen molar-refractivity contribution >= 4 is 23.6 Å². The SMILES string of the molecule is O=C(O)CC1(NC(=O)CSCc2ccccc2)CCC1. The molecule has 1 fully saturated rings. The molecule has 0 unspecified atom stereocenters. The molecule has 2 N–H and O–H groups in total. The summed E-state index contributed by atoms with van der Waals surface area (Å²) in [5, 5.41) is 11.8. The van der Waals surface area contributed by atoms with Gasteiger partial charge in [-0.05, 0) is 24.8 Å². The molecule has 1 amide bonds. The van der Waals surface area contributed by atoms with Crippen LogP contribution in [0.15, 0.2) is 30.3 Å². The predicted molar refractivity (Wildman–Crippen MR) is 79.6 cm³/mol. The maximum absolute atomic E-state index is 11.9. The molecule has 108 valence electrons. The molecule has 1 saturated carbocycles. The van der Waals surface area contributed by atoms with E-state index in [2.05, 4.69) is 5.32 Å². The fraction of sp³-hybridized carbons (Fsp3) is 0.467. The van der Waals surface area contributed by atoms with Gasteiger partial charge in [0.15, 0.2) is 0 Å². The van der Waals surface area contributed by atoms with Crippen molar-refractivity contribution in [2.24, 2.45) is 0 Å². The molecule has 1 aromatic carbocycles. The number of nitrogens with one attached hydrogen (secondary N) is 1. The number of amides is 1. The third-order valence-electron chi connectivity index (χ3n) is 3.55. The standard InChI is InChI=1S/C15H19NO3S/c17-13(11-20-10-12-5-2-1-3-6-12)16-15(7-4-8-15)9-14(18)19/h1-3,5-6H,4,7-11H2,(H,16,17)(H,18,19). The van der Waals surface area contributed by atoms with Crippen LogP contribution in [0, 0.1) is 0 Å². The van der Waals surface area contributed by atoms with Gasteiger partial charge < -0.3 is 10.4 Å². The fourth-order valence-corrected chi connectivity index (χ4v) is 3.19. The number of thioether (sulfide) groups is 1. The Morgan fingerprint density at radius 1 is 1.25 bits per heavy atom. The molecule has 1 aliphatic rings. The zero-order valence-corrected chi connectivity index (χ0v) is 12.1. The molecule has 1 aromatic rings. The number of rotatable bonds is 7. The molecule has 0 aromatic heterocycles. The van der Waals surface area contributed by atoms with Gasteiger partial charge in [-0.1, -0.05) is 30.3 Å². The summed E-state index contributed by atoms with van der Waals surface area (Å²) in [6.07, 6.45) is 2.57. The third kappa shape index (κ3) is 4.27. The van der Waals surface area contributed by atoms with Crippen LogP contribution in [0.3, 0.4) is 0 Å². The van der Waals surface area contributed by atoms with Crippen molar-refractivity contribution in [3.63, 3.8) is 0 Å². The van der Waals surface area contributed by atoms with E-state index in [-0.39, 0.29) is 12.3 Å². The molecule has 0 saturated heterocycles. The smallest absolute Gasteiger partial charge is 0.305 e. The molecule has 1 aliphatic carbocycles. The maximum atomic E-state index is 11.9. The van der Waals surface area contributed by atoms with Gasteiger partial charge in [0.1, 0.15) is 0 Å². The van der Waals surface area contributed by atoms with E-state index < -0.39 is 11.5 Å². The maximum Gasteiger partial charge on any atom is 0.305 e. The van der Waals surface area contributed by atoms with Crippen molar-refractivity contribution in [3.05, 3.63) is 35.9 Å². The first-order chi connectivity index (χ1) is 9.60. The highest BCUT2D eigenvalue weighted by Gasteiger charge is 2.40. The largest absolute Gasteiger partial charge is 0.481 e. The molecule has 4 nitrogen and oxygen atoms in total. The van der Waals surface area contributed by atoms with Crippen LogP contribution < -0.4 is 5.32 Å². The second-order valence-electron chi connectivity index (χ2n) is 5.23. The summed E-state index contributed by atoms with van der Waals surface area (Å²) in [5.74, 6) is 0.255. The number of hydrogen-bond acceptors (Lipinski definition) is 3. The van der Waals surface area contributed by atoms with Crippen LogP contribution in [0.5, 0.6) is 0 Å². The highest BCUT2D eigenvalue weighted by Crippen LogP contribution is 2.35. The summed E-state index contributed by atoms with van der Waals surface area (Å²) in [7, 11) is 0. The molecule has 5 heteroatoms. The Morgan fingerprint density at radius 2 is 1.95 bits per heavy atom. The van der Waals surface area contributed by atoms with Crippen molar-refractivity contribution in [2.45, 2.75) is 37.0 Å². The van der Waals surface area contributed by atoms with Crippen molar-refractivity contribution in [3.8, 4) is 0 Å². The number of carboxylic acid groups (broad SMARTS) is 1. The Morgan fingerprint density at radius 3 is 2.50 bits per heavy atom. The van der Waals surface area contributed by atoms with Gasteiger partial charge in [0.2, 0.25) is 5.91 Å². The number of hydrogen-bond donors (Lipinski definition) is 2. The normalized spacial score (nSPS) is 16.2. The Hall–Kier alpha value is -1.49. The summed E-state index contributed by atoms with van der Waals surface area (Å²) in [4.78, 5) is 22.7. The van der Waals surface area contributed by atoms with Crippen molar-refractivity contribution in [1.29, 1.82) is 0 Å². The summed E-state index contributed by atoms with van der Waals surface area (Å²) < 4.78 is 0. The first-order valence-electron chi connectivity index (χ1n) is 6.74. The molecule has 0 bridgehead atoms. The topological polar surface area (TPSA) is 66.4 Å². The van der Waals surface area contributed by atoms with E-state index >= 15 is 0 Å². The molecule has 0 spiro atoms. The van der Waals surface area contributed by atoms with E-state index in [0.717, 1.165) is 25.0 Å². The van der Waals surface area contributed by atoms with Crippen LogP contribution in [0.25, 0.3) is 0 Å². The van der Waals surface area contributed by atoms with E-state index in [4.69, 9.17) is 5.11 Å². The first kappa shape index (κ1) is 14.9. The molecular formula is C15H19NO3S. The minimum absolute atomic E-state index is 0.0299. The number of aliphatic carboxylic acids is 1. The summed E-state index contributed by atoms with van der Waals surface area (Å²) in [6, 6.07) is 9.98. The van der Waals surface area contributed by atoms with Gasteiger partial charge in [-0.25, -0.2) is 0 Å². The van der Waals surface area contributed by atoms with Gasteiger partial charge >= 0.3 is 5.97 Å². The molecule has 0 atom stereocenters. The molecular weight excluding hydrogens is 274 g/mol. The third-order valence-corrected chi connectivity index (χ3v) is 4.55. The molecule has 0 radical (unpaired) electrons. The Labute approximate surface area is 123 Å². The number of carbonyl (C=O) groups excluding carboxylic acids is 1. The lowest BCUT2D eigenvalue weighted by atomic mass is 9.74. The fourth-order valence-electron chi connectivity index (χ4n) is 2.41. The lowest BCUT2D eigenvalue weighted by molar-refractivity contribution is -0.140. The number of carbonyl (C=O) groups is 2. The van der Waals surface area contributed by atoms with Crippen molar-refractivity contribution in [2.75, 3.05) is 5.75 Å². The van der Waals surface area contributed by atoms with Gasteiger partial charge in [-0.2, -0.15) is 0 Å². The van der Waals surface area contributed by atoms with Gasteiger partial charge in [0.05, 0.1) is 17.7 Å². The molecule has 0 heterocycles. The minimum atomic E-state index is -0.845. The second kappa shape index (κ2) is 6.79. The second-order valence-corrected chi connectivity index (χ2v) is 6.22. The van der Waals surface area contributed by atoms with E-state index in [1.807, 2.05) is 30.3 Å². The average Bonchev–Trinajstić information content (AvgIpc) is 2.37. The predicted octanol–water partition coefficient (Wildman–Crippen LogP) is 2.43. The number of carboxylic acids is 1. The van der Waals surface area contributed by atoms with E-state index in [9.17, 15) is 9.59 Å². The summed E-state index contributed by atoms with van der Waals surface area (Å²) in [5.41, 5.74) is 0.699. The number of benzene rings is 1. The van der Waals surface area contributed by atoms with E-state index in [0.29, 0.717) is 5.75 Å². The van der Waals surface area contributed by atoms with Crippen LogP contribution >= 0.6 is 11.8 Å². The summed E-state index contributed by atoms with van der Waals surface area (Å²) >= 11 is 1.55. The van der Waals surface area contributed by atoms with E-state index in [1.54, 1.807) is 11.8 Å². The molecule has 0 aliphatic heterocycles. The highest BCUT2D eigenvalue weighted by molar-refractivity contribution is 7.99. The monoisotopic (exact) mass is 293 g/mol. The quantitative estimate of drug-likeness (QED) is 0.810. The van der Waals surface area contributed by atoms with E-state index in [1.165, 1.54) is 5.56 Å². The first-order valence-corrected chi connectivity index (χ1v) is 7.90. The van der Waals surface area contributed by atoms with Gasteiger partial charge in [-0.3, -0.25) is 9.59 Å². The van der Waals surface area contributed by atoms with Crippen LogP contribution in [0.1, 0.15) is 31.2 Å². The lowest BCUT2D eigenvalue weighted by Gasteiger charge is -2.41. The van der Waals surface area contributed by atoms with Crippen LogP contribution in [0.2, 0.25) is 0 Å². The zero-order chi connectivity index (χ0) is 14.4. The highest BCUT2D eigenvalue weighted by atomic mass is 32.2. The summed E-state index contributed by atoms with van der Waals surface area (Å²) in [6.45, 7) is 0. The molecule has 2 rings (SSSR count). The van der Waals surface area contributed by atoms with Crippen LogP contribution in [-0.2, 0) is 15.3 Å². The van der Waals surface area contributed by atoms with Gasteiger partial charge in [0.25, 0.3) is 0 Å². The Kier molecular flexibility index (Phi) is 5.06. The van der Waals surface area contributed by atoms with Crippen molar-refractivity contribution in [1.82, 2.24) is 5.32 Å².